The van der Waals surface area contributed by atoms with Gasteiger partial charge in [-0.05, 0) is 35.9 Å². The van der Waals surface area contributed by atoms with Crippen LogP contribution in [-0.2, 0) is 11.3 Å². The molecule has 0 aromatic heterocycles. The van der Waals surface area contributed by atoms with E-state index < -0.39 is 5.91 Å². The molecule has 2 aromatic rings. The molecule has 6 nitrogen and oxygen atoms in total. The lowest BCUT2D eigenvalue weighted by molar-refractivity contribution is -0.119. The van der Waals surface area contributed by atoms with Crippen molar-refractivity contribution in [2.24, 2.45) is 5.73 Å². The molecule has 0 unspecified atom stereocenters. The molecule has 0 spiro atoms. The van der Waals surface area contributed by atoms with E-state index in [4.69, 9.17) is 22.1 Å². The Balaban J connectivity index is 1.81. The number of nitrogens with one attached hydrogen (secondary N) is 2. The standard InChI is InChI=1S/C16H16ClN3O3/c17-12-2-1-3-13(8-12)20-16(22)19-9-11-4-6-14(7-5-11)23-10-15(18)21/h1-8H,9-10H2,(H2,18,21)(H2,19,20,22). The normalized spacial score (nSPS) is 9.96. The summed E-state index contributed by atoms with van der Waals surface area (Å²) in [6, 6.07) is 13.5. The molecule has 0 aliphatic heterocycles. The molecule has 2 rings (SSSR count). The highest BCUT2D eigenvalue weighted by atomic mass is 35.5. The number of hydrogen-bond acceptors (Lipinski definition) is 3. The van der Waals surface area contributed by atoms with Crippen LogP contribution < -0.4 is 21.1 Å². The molecular formula is C16H16ClN3O3. The number of benzene rings is 2. The maximum absolute atomic E-state index is 11.8. The van der Waals surface area contributed by atoms with E-state index in [1.165, 1.54) is 0 Å². The van der Waals surface area contributed by atoms with Crippen molar-refractivity contribution in [1.29, 1.82) is 0 Å². The van der Waals surface area contributed by atoms with Crippen molar-refractivity contribution in [3.8, 4) is 5.75 Å². The SMILES string of the molecule is NC(=O)COc1ccc(CNC(=O)Nc2cccc(Cl)c2)cc1. The predicted molar refractivity (Wildman–Crippen MR) is 88.4 cm³/mol. The Kier molecular flexibility index (Phi) is 5.82. The lowest BCUT2D eigenvalue weighted by atomic mass is 10.2. The van der Waals surface area contributed by atoms with Gasteiger partial charge in [0.25, 0.3) is 5.91 Å². The first kappa shape index (κ1) is 16.6. The van der Waals surface area contributed by atoms with E-state index >= 15 is 0 Å². The Morgan fingerprint density at radius 3 is 2.52 bits per heavy atom. The van der Waals surface area contributed by atoms with E-state index in [9.17, 15) is 9.59 Å². The van der Waals surface area contributed by atoms with Crippen LogP contribution in [0.4, 0.5) is 10.5 Å². The average molecular weight is 334 g/mol. The molecule has 0 aliphatic carbocycles. The number of carbonyl (C=O) groups excluding carboxylic acids is 2. The van der Waals surface area contributed by atoms with Gasteiger partial charge in [0, 0.05) is 17.3 Å². The summed E-state index contributed by atoms with van der Waals surface area (Å²) in [4.78, 5) is 22.4. The van der Waals surface area contributed by atoms with Crippen molar-refractivity contribution in [3.05, 3.63) is 59.1 Å². The number of carbonyl (C=O) groups is 2. The summed E-state index contributed by atoms with van der Waals surface area (Å²) in [6.45, 7) is 0.183. The van der Waals surface area contributed by atoms with E-state index in [1.807, 2.05) is 0 Å². The molecule has 0 radical (unpaired) electrons. The highest BCUT2D eigenvalue weighted by molar-refractivity contribution is 6.30. The molecule has 0 saturated heterocycles. The highest BCUT2D eigenvalue weighted by Crippen LogP contribution is 2.15. The zero-order chi connectivity index (χ0) is 16.7. The number of nitrogens with two attached hydrogens (primary N) is 1. The Morgan fingerprint density at radius 2 is 1.87 bits per heavy atom. The van der Waals surface area contributed by atoms with Crippen LogP contribution in [0.1, 0.15) is 5.56 Å². The van der Waals surface area contributed by atoms with Crippen LogP contribution in [0.3, 0.4) is 0 Å². The number of anilines is 1. The monoisotopic (exact) mass is 333 g/mol. The maximum Gasteiger partial charge on any atom is 0.319 e. The third-order valence-corrected chi connectivity index (χ3v) is 3.08. The highest BCUT2D eigenvalue weighted by Gasteiger charge is 2.03. The van der Waals surface area contributed by atoms with Gasteiger partial charge in [0.15, 0.2) is 6.61 Å². The summed E-state index contributed by atoms with van der Waals surface area (Å²) in [5.41, 5.74) is 6.50. The first-order valence-corrected chi connectivity index (χ1v) is 7.21. The van der Waals surface area contributed by atoms with E-state index in [-0.39, 0.29) is 12.6 Å². The predicted octanol–water partition coefficient (Wildman–Crippen LogP) is 2.53. The summed E-state index contributed by atoms with van der Waals surface area (Å²) >= 11 is 5.85. The summed E-state index contributed by atoms with van der Waals surface area (Å²) < 4.78 is 5.15. The Hall–Kier alpha value is -2.73. The van der Waals surface area contributed by atoms with Gasteiger partial charge in [0.2, 0.25) is 0 Å². The van der Waals surface area contributed by atoms with Crippen LogP contribution in [0.5, 0.6) is 5.75 Å². The summed E-state index contributed by atoms with van der Waals surface area (Å²) in [7, 11) is 0. The van der Waals surface area contributed by atoms with Gasteiger partial charge in [0.05, 0.1) is 0 Å². The smallest absolute Gasteiger partial charge is 0.319 e. The molecule has 4 N–H and O–H groups in total. The molecule has 3 amide bonds. The molecule has 0 bridgehead atoms. The number of ether oxygens (including phenoxy) is 1. The number of urea groups is 1. The van der Waals surface area contributed by atoms with Gasteiger partial charge in [-0.1, -0.05) is 29.8 Å². The maximum atomic E-state index is 11.8. The van der Waals surface area contributed by atoms with Crippen LogP contribution in [-0.4, -0.2) is 18.5 Å². The van der Waals surface area contributed by atoms with Crippen LogP contribution >= 0.6 is 11.6 Å². The van der Waals surface area contributed by atoms with Gasteiger partial charge in [-0.3, -0.25) is 4.79 Å². The van der Waals surface area contributed by atoms with Crippen molar-refractivity contribution in [3.63, 3.8) is 0 Å². The van der Waals surface area contributed by atoms with E-state index in [2.05, 4.69) is 10.6 Å². The molecule has 2 aromatic carbocycles. The minimum atomic E-state index is -0.534. The second-order valence-corrected chi connectivity index (χ2v) is 5.15. The van der Waals surface area contributed by atoms with Crippen LogP contribution in [0.15, 0.2) is 48.5 Å². The molecule has 120 valence electrons. The van der Waals surface area contributed by atoms with Crippen LogP contribution in [0.25, 0.3) is 0 Å². The molecule has 0 heterocycles. The van der Waals surface area contributed by atoms with Crippen molar-refractivity contribution >= 4 is 29.2 Å². The number of hydrogen-bond donors (Lipinski definition) is 3. The Bertz CT molecular complexity index is 689. The molecule has 0 atom stereocenters. The minimum absolute atomic E-state index is 0.167. The average Bonchev–Trinajstić information content (AvgIpc) is 2.52. The largest absolute Gasteiger partial charge is 0.484 e. The Morgan fingerprint density at radius 1 is 1.13 bits per heavy atom. The molecular weight excluding hydrogens is 318 g/mol. The van der Waals surface area contributed by atoms with Gasteiger partial charge < -0.3 is 21.1 Å². The van der Waals surface area contributed by atoms with E-state index in [0.717, 1.165) is 5.56 Å². The van der Waals surface area contributed by atoms with Gasteiger partial charge in [-0.25, -0.2) is 4.79 Å². The van der Waals surface area contributed by atoms with E-state index in [1.54, 1.807) is 48.5 Å². The fraction of sp³-hybridized carbons (Fsp3) is 0.125. The van der Waals surface area contributed by atoms with Gasteiger partial charge in [-0.2, -0.15) is 0 Å². The molecule has 0 fully saturated rings. The summed E-state index contributed by atoms with van der Waals surface area (Å²) in [5.74, 6) is 0.00404. The molecule has 0 saturated carbocycles. The van der Waals surface area contributed by atoms with Gasteiger partial charge in [-0.15, -0.1) is 0 Å². The van der Waals surface area contributed by atoms with Gasteiger partial charge in [0.1, 0.15) is 5.75 Å². The number of amides is 3. The quantitative estimate of drug-likeness (QED) is 0.758. The summed E-state index contributed by atoms with van der Waals surface area (Å²) in [6.07, 6.45) is 0. The van der Waals surface area contributed by atoms with E-state index in [0.29, 0.717) is 23.0 Å². The van der Waals surface area contributed by atoms with Crippen molar-refractivity contribution < 1.29 is 14.3 Å². The van der Waals surface area contributed by atoms with Gasteiger partial charge >= 0.3 is 6.03 Å². The first-order valence-electron chi connectivity index (χ1n) is 6.83. The first-order chi connectivity index (χ1) is 11.0. The minimum Gasteiger partial charge on any atom is -0.484 e. The molecule has 7 heteroatoms. The second-order valence-electron chi connectivity index (χ2n) is 4.72. The zero-order valence-electron chi connectivity index (χ0n) is 12.2. The number of halogens is 1. The number of primary amides is 1. The fourth-order valence-corrected chi connectivity index (χ4v) is 1.97. The topological polar surface area (TPSA) is 93.5 Å². The summed E-state index contributed by atoms with van der Waals surface area (Å²) in [5, 5.41) is 5.97. The lowest BCUT2D eigenvalue weighted by Gasteiger charge is -2.09. The second kappa shape index (κ2) is 8.05. The lowest BCUT2D eigenvalue weighted by Crippen LogP contribution is -2.28. The Labute approximate surface area is 138 Å². The molecule has 0 aliphatic rings. The third-order valence-electron chi connectivity index (χ3n) is 2.84. The van der Waals surface area contributed by atoms with Crippen LogP contribution in [0.2, 0.25) is 5.02 Å². The third kappa shape index (κ3) is 5.88. The van der Waals surface area contributed by atoms with Crippen molar-refractivity contribution in [2.75, 3.05) is 11.9 Å². The van der Waals surface area contributed by atoms with Crippen molar-refractivity contribution in [1.82, 2.24) is 5.32 Å². The fourth-order valence-electron chi connectivity index (χ4n) is 1.78. The zero-order valence-corrected chi connectivity index (χ0v) is 13.0. The number of rotatable bonds is 6. The van der Waals surface area contributed by atoms with Crippen LogP contribution in [0, 0.1) is 0 Å². The molecule has 23 heavy (non-hydrogen) atoms. The van der Waals surface area contributed by atoms with Crippen molar-refractivity contribution in [2.45, 2.75) is 6.54 Å².